The molecule has 96 valence electrons. The van der Waals surface area contributed by atoms with Crippen molar-refractivity contribution in [2.24, 2.45) is 0 Å². The lowest BCUT2D eigenvalue weighted by molar-refractivity contribution is 0.566. The minimum atomic E-state index is -3.35. The molecule has 0 radical (unpaired) electrons. The lowest BCUT2D eigenvalue weighted by Crippen LogP contribution is -2.33. The molecule has 0 fully saturated rings. The highest BCUT2D eigenvalue weighted by Gasteiger charge is 2.28. The van der Waals surface area contributed by atoms with Gasteiger partial charge in [0.05, 0.1) is 4.75 Å². The Morgan fingerprint density at radius 3 is 2.41 bits per heavy atom. The smallest absolute Gasteiger partial charge is 0.237 e. The molecule has 0 aliphatic carbocycles. The number of rotatable bonds is 4. The number of anilines is 1. The summed E-state index contributed by atoms with van der Waals surface area (Å²) in [4.78, 5) is 0. The van der Waals surface area contributed by atoms with Crippen LogP contribution < -0.4 is 10.0 Å². The van der Waals surface area contributed by atoms with Crippen LogP contribution in [0, 0.1) is 0 Å². The molecule has 0 heterocycles. The highest BCUT2D eigenvalue weighted by molar-refractivity contribution is 7.94. The Bertz CT molecular complexity index is 476. The topological polar surface area (TPSA) is 58.2 Å². The van der Waals surface area contributed by atoms with E-state index in [1.807, 2.05) is 25.2 Å². The van der Waals surface area contributed by atoms with Crippen LogP contribution in [0.5, 0.6) is 0 Å². The van der Waals surface area contributed by atoms with E-state index in [9.17, 15) is 8.42 Å². The third-order valence-corrected chi connectivity index (χ3v) is 4.48. The molecule has 17 heavy (non-hydrogen) atoms. The van der Waals surface area contributed by atoms with Crippen LogP contribution in [0.25, 0.3) is 0 Å². The van der Waals surface area contributed by atoms with Gasteiger partial charge in [0.25, 0.3) is 0 Å². The zero-order valence-electron chi connectivity index (χ0n) is 10.7. The van der Waals surface area contributed by atoms with Crippen molar-refractivity contribution in [2.45, 2.75) is 32.1 Å². The molecule has 5 heteroatoms. The summed E-state index contributed by atoms with van der Waals surface area (Å²) in [7, 11) is -1.50. The largest absolute Gasteiger partial charge is 0.316 e. The Morgan fingerprint density at radius 1 is 1.24 bits per heavy atom. The van der Waals surface area contributed by atoms with Gasteiger partial charge in [-0.05, 0) is 45.5 Å². The third kappa shape index (κ3) is 3.71. The average molecular weight is 256 g/mol. The van der Waals surface area contributed by atoms with Gasteiger partial charge < -0.3 is 5.32 Å². The molecule has 0 saturated carbocycles. The zero-order valence-corrected chi connectivity index (χ0v) is 11.6. The first-order valence-electron chi connectivity index (χ1n) is 5.52. The van der Waals surface area contributed by atoms with E-state index in [0.29, 0.717) is 12.2 Å². The summed E-state index contributed by atoms with van der Waals surface area (Å²) in [6, 6.07) is 7.38. The van der Waals surface area contributed by atoms with E-state index in [-0.39, 0.29) is 0 Å². The van der Waals surface area contributed by atoms with E-state index in [2.05, 4.69) is 10.0 Å². The normalized spacial score (nSPS) is 12.5. The molecule has 0 spiro atoms. The predicted molar refractivity (Wildman–Crippen MR) is 71.5 cm³/mol. The van der Waals surface area contributed by atoms with Crippen molar-refractivity contribution in [1.29, 1.82) is 0 Å². The fourth-order valence-corrected chi connectivity index (χ4v) is 2.00. The van der Waals surface area contributed by atoms with Gasteiger partial charge in [-0.2, -0.15) is 0 Å². The minimum absolute atomic E-state index is 0.604. The minimum Gasteiger partial charge on any atom is -0.316 e. The Morgan fingerprint density at radius 2 is 1.88 bits per heavy atom. The molecule has 0 unspecified atom stereocenters. The second-order valence-corrected chi connectivity index (χ2v) is 7.38. The third-order valence-electron chi connectivity index (χ3n) is 2.37. The number of hydrogen-bond donors (Lipinski definition) is 2. The van der Waals surface area contributed by atoms with Crippen LogP contribution in [0.2, 0.25) is 0 Å². The second-order valence-electron chi connectivity index (χ2n) is 4.95. The maximum Gasteiger partial charge on any atom is 0.237 e. The number of nitrogens with one attached hydrogen (secondary N) is 2. The van der Waals surface area contributed by atoms with Crippen LogP contribution >= 0.6 is 0 Å². The Balaban J connectivity index is 2.93. The van der Waals surface area contributed by atoms with E-state index in [1.54, 1.807) is 26.8 Å². The molecule has 0 aliphatic heterocycles. The van der Waals surface area contributed by atoms with E-state index in [4.69, 9.17) is 0 Å². The number of hydrogen-bond acceptors (Lipinski definition) is 3. The first kappa shape index (κ1) is 14.0. The monoisotopic (exact) mass is 256 g/mol. The molecule has 4 nitrogen and oxygen atoms in total. The average Bonchev–Trinajstić information content (AvgIpc) is 2.16. The Kier molecular flexibility index (Phi) is 4.16. The van der Waals surface area contributed by atoms with Crippen molar-refractivity contribution in [3.05, 3.63) is 29.8 Å². The molecular weight excluding hydrogens is 236 g/mol. The fraction of sp³-hybridized carbons (Fsp3) is 0.500. The van der Waals surface area contributed by atoms with Gasteiger partial charge in [-0.25, -0.2) is 8.42 Å². The van der Waals surface area contributed by atoms with Gasteiger partial charge in [-0.15, -0.1) is 0 Å². The molecule has 2 N–H and O–H groups in total. The SMILES string of the molecule is CNCc1cccc(NS(=O)(=O)C(C)(C)C)c1. The van der Waals surface area contributed by atoms with Crippen LogP contribution in [0.3, 0.4) is 0 Å². The molecule has 1 aromatic rings. The van der Waals surface area contributed by atoms with Crippen molar-refractivity contribution >= 4 is 15.7 Å². The molecule has 0 amide bonds. The summed E-state index contributed by atoms with van der Waals surface area (Å²) in [5.74, 6) is 0. The molecule has 0 atom stereocenters. The summed E-state index contributed by atoms with van der Waals surface area (Å²) < 4.78 is 25.7. The summed E-state index contributed by atoms with van der Waals surface area (Å²) >= 11 is 0. The van der Waals surface area contributed by atoms with Gasteiger partial charge in [0.15, 0.2) is 0 Å². The molecule has 0 bridgehead atoms. The van der Waals surface area contributed by atoms with Crippen molar-refractivity contribution in [1.82, 2.24) is 5.32 Å². The Hall–Kier alpha value is -1.07. The standard InChI is InChI=1S/C12H20N2O2S/c1-12(2,3)17(15,16)14-11-7-5-6-10(8-11)9-13-4/h5-8,13-14H,9H2,1-4H3. The summed E-state index contributed by atoms with van der Waals surface area (Å²) in [5.41, 5.74) is 1.65. The lowest BCUT2D eigenvalue weighted by Gasteiger charge is -2.20. The van der Waals surface area contributed by atoms with Crippen molar-refractivity contribution in [3.8, 4) is 0 Å². The van der Waals surface area contributed by atoms with E-state index < -0.39 is 14.8 Å². The predicted octanol–water partition coefficient (Wildman–Crippen LogP) is 1.95. The maximum absolute atomic E-state index is 12.0. The first-order valence-corrected chi connectivity index (χ1v) is 7.00. The number of sulfonamides is 1. The first-order chi connectivity index (χ1) is 7.76. The second kappa shape index (κ2) is 5.06. The maximum atomic E-state index is 12.0. The lowest BCUT2D eigenvalue weighted by atomic mass is 10.2. The number of benzene rings is 1. The molecule has 0 saturated heterocycles. The quantitative estimate of drug-likeness (QED) is 0.865. The van der Waals surface area contributed by atoms with Gasteiger partial charge in [-0.1, -0.05) is 12.1 Å². The van der Waals surface area contributed by atoms with E-state index in [0.717, 1.165) is 5.56 Å². The van der Waals surface area contributed by atoms with Crippen LogP contribution in [0.1, 0.15) is 26.3 Å². The van der Waals surface area contributed by atoms with Crippen molar-refractivity contribution < 1.29 is 8.42 Å². The molecule has 1 rings (SSSR count). The van der Waals surface area contributed by atoms with Crippen LogP contribution in [-0.2, 0) is 16.6 Å². The van der Waals surface area contributed by atoms with Gasteiger partial charge in [-0.3, -0.25) is 4.72 Å². The van der Waals surface area contributed by atoms with Crippen LogP contribution in [-0.4, -0.2) is 20.2 Å². The van der Waals surface area contributed by atoms with Crippen LogP contribution in [0.15, 0.2) is 24.3 Å². The highest BCUT2D eigenvalue weighted by Crippen LogP contribution is 2.20. The Labute approximate surface area is 103 Å². The molecule has 1 aromatic carbocycles. The van der Waals surface area contributed by atoms with Crippen molar-refractivity contribution in [3.63, 3.8) is 0 Å². The van der Waals surface area contributed by atoms with Gasteiger partial charge in [0, 0.05) is 12.2 Å². The van der Waals surface area contributed by atoms with Gasteiger partial charge in [0.1, 0.15) is 0 Å². The summed E-state index contributed by atoms with van der Waals surface area (Å²) in [5, 5.41) is 3.03. The van der Waals surface area contributed by atoms with Gasteiger partial charge >= 0.3 is 0 Å². The highest BCUT2D eigenvalue weighted by atomic mass is 32.2. The van der Waals surface area contributed by atoms with Crippen LogP contribution in [0.4, 0.5) is 5.69 Å². The van der Waals surface area contributed by atoms with E-state index in [1.165, 1.54) is 0 Å². The van der Waals surface area contributed by atoms with Gasteiger partial charge in [0.2, 0.25) is 10.0 Å². The molecule has 0 aliphatic rings. The molecular formula is C12H20N2O2S. The summed E-state index contributed by atoms with van der Waals surface area (Å²) in [6.45, 7) is 5.73. The van der Waals surface area contributed by atoms with E-state index >= 15 is 0 Å². The zero-order chi connectivity index (χ0) is 13.1. The summed E-state index contributed by atoms with van der Waals surface area (Å²) in [6.07, 6.45) is 0. The van der Waals surface area contributed by atoms with Crippen molar-refractivity contribution in [2.75, 3.05) is 11.8 Å². The fourth-order valence-electron chi connectivity index (χ4n) is 1.26. The molecule has 0 aromatic heterocycles.